The predicted octanol–water partition coefficient (Wildman–Crippen LogP) is 2.12. The SMILES string of the molecule is Cc1[nH]c(CN)nc1-c1ccc(F)cc1F. The van der Waals surface area contributed by atoms with Gasteiger partial charge in [-0.15, -0.1) is 0 Å². The Hall–Kier alpha value is -1.75. The highest BCUT2D eigenvalue weighted by Crippen LogP contribution is 2.24. The minimum absolute atomic E-state index is 0.254. The Morgan fingerprint density at radius 2 is 2.12 bits per heavy atom. The fourth-order valence-electron chi connectivity index (χ4n) is 1.56. The Morgan fingerprint density at radius 3 is 2.69 bits per heavy atom. The topological polar surface area (TPSA) is 54.7 Å². The Kier molecular flexibility index (Phi) is 2.70. The number of rotatable bonds is 2. The molecule has 0 bridgehead atoms. The number of H-pyrrole nitrogens is 1. The molecule has 1 aromatic heterocycles. The van der Waals surface area contributed by atoms with Crippen LogP contribution in [0, 0.1) is 18.6 Å². The normalized spacial score (nSPS) is 10.8. The second-order valence-electron chi connectivity index (χ2n) is 3.49. The molecule has 0 fully saturated rings. The maximum Gasteiger partial charge on any atom is 0.135 e. The first-order valence-electron chi connectivity index (χ1n) is 4.83. The highest BCUT2D eigenvalue weighted by Gasteiger charge is 2.12. The molecular formula is C11H11F2N3. The van der Waals surface area contributed by atoms with Crippen molar-refractivity contribution >= 4 is 0 Å². The highest BCUT2D eigenvalue weighted by molar-refractivity contribution is 5.62. The van der Waals surface area contributed by atoms with Crippen LogP contribution in [-0.4, -0.2) is 9.97 Å². The van der Waals surface area contributed by atoms with Crippen LogP contribution in [0.2, 0.25) is 0 Å². The van der Waals surface area contributed by atoms with Gasteiger partial charge in [-0.1, -0.05) is 0 Å². The van der Waals surface area contributed by atoms with Gasteiger partial charge >= 0.3 is 0 Å². The van der Waals surface area contributed by atoms with Crippen molar-refractivity contribution in [3.63, 3.8) is 0 Å². The Labute approximate surface area is 91.3 Å². The zero-order valence-electron chi connectivity index (χ0n) is 8.72. The molecule has 1 aromatic carbocycles. The number of benzene rings is 1. The van der Waals surface area contributed by atoms with Crippen LogP contribution in [0.5, 0.6) is 0 Å². The van der Waals surface area contributed by atoms with Crippen LogP contribution in [0.25, 0.3) is 11.3 Å². The molecule has 0 aliphatic rings. The van der Waals surface area contributed by atoms with E-state index in [1.807, 2.05) is 0 Å². The third-order valence-corrected chi connectivity index (χ3v) is 2.31. The van der Waals surface area contributed by atoms with E-state index >= 15 is 0 Å². The van der Waals surface area contributed by atoms with E-state index in [1.54, 1.807) is 6.92 Å². The lowest BCUT2D eigenvalue weighted by molar-refractivity contribution is 0.585. The first-order valence-corrected chi connectivity index (χ1v) is 4.83. The number of nitrogens with one attached hydrogen (secondary N) is 1. The molecule has 2 aromatic rings. The molecule has 0 amide bonds. The molecular weight excluding hydrogens is 212 g/mol. The molecule has 0 radical (unpaired) electrons. The van der Waals surface area contributed by atoms with Crippen molar-refractivity contribution in [3.8, 4) is 11.3 Å². The molecule has 5 heteroatoms. The number of nitrogens with two attached hydrogens (primary N) is 1. The van der Waals surface area contributed by atoms with E-state index in [9.17, 15) is 8.78 Å². The molecule has 0 spiro atoms. The number of aromatic amines is 1. The second kappa shape index (κ2) is 4.02. The molecule has 0 aliphatic heterocycles. The number of hydrogen-bond donors (Lipinski definition) is 2. The van der Waals surface area contributed by atoms with E-state index in [1.165, 1.54) is 12.1 Å². The zero-order valence-corrected chi connectivity index (χ0v) is 8.72. The van der Waals surface area contributed by atoms with E-state index < -0.39 is 11.6 Å². The molecule has 84 valence electrons. The first-order chi connectivity index (χ1) is 7.61. The van der Waals surface area contributed by atoms with Crippen LogP contribution >= 0.6 is 0 Å². The van der Waals surface area contributed by atoms with Crippen LogP contribution < -0.4 is 5.73 Å². The number of imidazole rings is 1. The van der Waals surface area contributed by atoms with Crippen molar-refractivity contribution in [2.45, 2.75) is 13.5 Å². The minimum Gasteiger partial charge on any atom is -0.344 e. The number of nitrogens with zero attached hydrogens (tertiary/aromatic N) is 1. The van der Waals surface area contributed by atoms with Gasteiger partial charge in [0.25, 0.3) is 0 Å². The molecule has 0 aliphatic carbocycles. The van der Waals surface area contributed by atoms with E-state index in [0.29, 0.717) is 17.2 Å². The van der Waals surface area contributed by atoms with Gasteiger partial charge in [-0.25, -0.2) is 13.8 Å². The fraction of sp³-hybridized carbons (Fsp3) is 0.182. The van der Waals surface area contributed by atoms with Crippen LogP contribution in [0.4, 0.5) is 8.78 Å². The summed E-state index contributed by atoms with van der Waals surface area (Å²) in [6.45, 7) is 2.02. The van der Waals surface area contributed by atoms with Gasteiger partial charge in [0.1, 0.15) is 17.5 Å². The number of hydrogen-bond acceptors (Lipinski definition) is 2. The smallest absolute Gasteiger partial charge is 0.135 e. The van der Waals surface area contributed by atoms with Gasteiger partial charge in [-0.05, 0) is 19.1 Å². The molecule has 0 saturated carbocycles. The average molecular weight is 223 g/mol. The van der Waals surface area contributed by atoms with Gasteiger partial charge in [0.05, 0.1) is 12.2 Å². The molecule has 3 nitrogen and oxygen atoms in total. The molecule has 16 heavy (non-hydrogen) atoms. The van der Waals surface area contributed by atoms with Gasteiger partial charge in [-0.3, -0.25) is 0 Å². The summed E-state index contributed by atoms with van der Waals surface area (Å²) in [6, 6.07) is 3.41. The lowest BCUT2D eigenvalue weighted by atomic mass is 10.1. The summed E-state index contributed by atoms with van der Waals surface area (Å²) >= 11 is 0. The Morgan fingerprint density at radius 1 is 1.38 bits per heavy atom. The monoisotopic (exact) mass is 223 g/mol. The van der Waals surface area contributed by atoms with E-state index in [-0.39, 0.29) is 12.1 Å². The number of aryl methyl sites for hydroxylation is 1. The molecule has 0 saturated heterocycles. The quantitative estimate of drug-likeness (QED) is 0.819. The zero-order chi connectivity index (χ0) is 11.7. The van der Waals surface area contributed by atoms with Gasteiger partial charge in [0, 0.05) is 17.3 Å². The lowest BCUT2D eigenvalue weighted by Gasteiger charge is -2.00. The molecule has 2 rings (SSSR count). The average Bonchev–Trinajstić information content (AvgIpc) is 2.60. The Bertz CT molecular complexity index is 520. The molecule has 1 heterocycles. The third-order valence-electron chi connectivity index (χ3n) is 2.31. The Balaban J connectivity index is 2.53. The largest absolute Gasteiger partial charge is 0.344 e. The summed E-state index contributed by atoms with van der Waals surface area (Å²) in [7, 11) is 0. The first kappa shape index (κ1) is 10.8. The van der Waals surface area contributed by atoms with Crippen LogP contribution in [0.3, 0.4) is 0 Å². The van der Waals surface area contributed by atoms with E-state index in [2.05, 4.69) is 9.97 Å². The van der Waals surface area contributed by atoms with Gasteiger partial charge in [-0.2, -0.15) is 0 Å². The van der Waals surface area contributed by atoms with Crippen molar-refractivity contribution < 1.29 is 8.78 Å². The summed E-state index contributed by atoms with van der Waals surface area (Å²) in [4.78, 5) is 7.08. The second-order valence-corrected chi connectivity index (χ2v) is 3.49. The third kappa shape index (κ3) is 1.81. The van der Waals surface area contributed by atoms with E-state index in [0.717, 1.165) is 6.07 Å². The maximum atomic E-state index is 13.5. The van der Waals surface area contributed by atoms with Crippen molar-refractivity contribution in [2.24, 2.45) is 5.73 Å². The lowest BCUT2D eigenvalue weighted by Crippen LogP contribution is -1.98. The maximum absolute atomic E-state index is 13.5. The van der Waals surface area contributed by atoms with Crippen LogP contribution in [-0.2, 0) is 6.54 Å². The van der Waals surface area contributed by atoms with Gasteiger partial charge < -0.3 is 10.7 Å². The highest BCUT2D eigenvalue weighted by atomic mass is 19.1. The van der Waals surface area contributed by atoms with Crippen molar-refractivity contribution in [3.05, 3.63) is 41.4 Å². The summed E-state index contributed by atoms with van der Waals surface area (Å²) in [5.74, 6) is -0.650. The standard InChI is InChI=1S/C11H11F2N3/c1-6-11(16-10(5-14)15-6)8-3-2-7(12)4-9(8)13/h2-4H,5,14H2,1H3,(H,15,16). The van der Waals surface area contributed by atoms with Gasteiger partial charge in [0.15, 0.2) is 0 Å². The van der Waals surface area contributed by atoms with Gasteiger partial charge in [0.2, 0.25) is 0 Å². The molecule has 0 unspecified atom stereocenters. The van der Waals surface area contributed by atoms with E-state index in [4.69, 9.17) is 5.73 Å². The van der Waals surface area contributed by atoms with Crippen LogP contribution in [0.15, 0.2) is 18.2 Å². The van der Waals surface area contributed by atoms with Crippen molar-refractivity contribution in [2.75, 3.05) is 0 Å². The van der Waals surface area contributed by atoms with Crippen LogP contribution in [0.1, 0.15) is 11.5 Å². The summed E-state index contributed by atoms with van der Waals surface area (Å²) < 4.78 is 26.3. The molecule has 0 atom stereocenters. The molecule has 3 N–H and O–H groups in total. The summed E-state index contributed by atoms with van der Waals surface area (Å²) in [6.07, 6.45) is 0. The van der Waals surface area contributed by atoms with Crippen molar-refractivity contribution in [1.82, 2.24) is 9.97 Å². The van der Waals surface area contributed by atoms with Crippen molar-refractivity contribution in [1.29, 1.82) is 0 Å². The summed E-state index contributed by atoms with van der Waals surface area (Å²) in [5.41, 5.74) is 6.88. The predicted molar refractivity (Wildman–Crippen MR) is 56.6 cm³/mol. The number of aromatic nitrogens is 2. The fourth-order valence-corrected chi connectivity index (χ4v) is 1.56. The minimum atomic E-state index is -0.627. The number of halogens is 2. The summed E-state index contributed by atoms with van der Waals surface area (Å²) in [5, 5.41) is 0.